The molecule has 0 saturated carbocycles. The average molecular weight is 489 g/mol. The Bertz CT molecular complexity index is 1210. The zero-order valence-corrected chi connectivity index (χ0v) is 20.3. The van der Waals surface area contributed by atoms with E-state index in [4.69, 9.17) is 15.2 Å². The number of nitrogens with two attached hydrogens (primary N) is 1. The van der Waals surface area contributed by atoms with E-state index >= 15 is 0 Å². The molecule has 3 aromatic rings. The van der Waals surface area contributed by atoms with Crippen molar-refractivity contribution in [3.63, 3.8) is 0 Å². The Morgan fingerprint density at radius 1 is 1.00 bits per heavy atom. The number of hydrogen-bond donors (Lipinski definition) is 3. The number of rotatable bonds is 2. The second kappa shape index (κ2) is 11.5. The van der Waals surface area contributed by atoms with Crippen LogP contribution in [-0.4, -0.2) is 60.2 Å². The number of fused-ring (bicyclic) bond motifs is 9. The maximum absolute atomic E-state index is 12.5. The van der Waals surface area contributed by atoms with Gasteiger partial charge in [0, 0.05) is 61.5 Å². The minimum absolute atomic E-state index is 0.138. The molecular weight excluding hydrogens is 456 g/mol. The first-order valence-electron chi connectivity index (χ1n) is 12.4. The molecule has 4 N–H and O–H groups in total. The molecule has 2 aromatic carbocycles. The van der Waals surface area contributed by atoms with Crippen LogP contribution in [0.2, 0.25) is 0 Å². The van der Waals surface area contributed by atoms with Gasteiger partial charge >= 0.3 is 0 Å². The summed E-state index contributed by atoms with van der Waals surface area (Å²) in [6, 6.07) is 13.4. The van der Waals surface area contributed by atoms with Crippen molar-refractivity contribution < 1.29 is 14.3 Å². The molecule has 0 atom stereocenters. The molecule has 6 rings (SSSR count). The summed E-state index contributed by atoms with van der Waals surface area (Å²) in [5.41, 5.74) is 12.0. The Morgan fingerprint density at radius 3 is 2.75 bits per heavy atom. The summed E-state index contributed by atoms with van der Waals surface area (Å²) in [6.45, 7) is 5.97. The molecular formula is C27H32N6O3. The fourth-order valence-corrected chi connectivity index (χ4v) is 4.44. The van der Waals surface area contributed by atoms with Crippen LogP contribution in [0.3, 0.4) is 0 Å². The topological polar surface area (TPSA) is 115 Å². The minimum atomic E-state index is -0.138. The van der Waals surface area contributed by atoms with E-state index in [1.54, 1.807) is 18.3 Å². The number of nitrogens with zero attached hydrogens (tertiary/aromatic N) is 3. The standard InChI is InChI=1S/C27H32N6O3/c28-24-16-19-4-6-23(24)25-7-9-30-27(32-25)31-22-5-3-20(17-33-10-13-35-14-11-33)21(15-22)18-36-12-2-1-8-29-26(19)34/h3-7,9,15-16H,1-2,8,10-14,17-18,28H2,(H,29,34)(H,30,31,32). The van der Waals surface area contributed by atoms with Crippen LogP contribution < -0.4 is 16.4 Å². The molecule has 1 amide bonds. The quantitative estimate of drug-likeness (QED) is 0.471. The zero-order valence-electron chi connectivity index (χ0n) is 20.3. The molecule has 0 unspecified atom stereocenters. The highest BCUT2D eigenvalue weighted by Gasteiger charge is 2.15. The summed E-state index contributed by atoms with van der Waals surface area (Å²) in [7, 11) is 0. The van der Waals surface area contributed by atoms with Crippen molar-refractivity contribution in [2.45, 2.75) is 26.0 Å². The first-order valence-corrected chi connectivity index (χ1v) is 12.4. The fourth-order valence-electron chi connectivity index (χ4n) is 4.44. The predicted molar refractivity (Wildman–Crippen MR) is 139 cm³/mol. The monoisotopic (exact) mass is 488 g/mol. The Kier molecular flexibility index (Phi) is 7.70. The molecule has 0 aliphatic carbocycles. The highest BCUT2D eigenvalue weighted by Crippen LogP contribution is 2.27. The summed E-state index contributed by atoms with van der Waals surface area (Å²) in [6.07, 6.45) is 3.39. The molecule has 3 aliphatic rings. The largest absolute Gasteiger partial charge is 0.398 e. The number of aromatic nitrogens is 2. The van der Waals surface area contributed by atoms with Crippen molar-refractivity contribution in [3.05, 3.63) is 65.4 Å². The van der Waals surface area contributed by atoms with Gasteiger partial charge in [0.2, 0.25) is 5.95 Å². The second-order valence-electron chi connectivity index (χ2n) is 9.08. The van der Waals surface area contributed by atoms with Crippen LogP contribution in [0.5, 0.6) is 0 Å². The molecule has 36 heavy (non-hydrogen) atoms. The summed E-state index contributed by atoms with van der Waals surface area (Å²) >= 11 is 0. The third kappa shape index (κ3) is 5.99. The van der Waals surface area contributed by atoms with Gasteiger partial charge in [-0.2, -0.15) is 0 Å². The third-order valence-corrected chi connectivity index (χ3v) is 6.46. The number of anilines is 3. The third-order valence-electron chi connectivity index (χ3n) is 6.46. The van der Waals surface area contributed by atoms with E-state index in [-0.39, 0.29) is 5.91 Å². The van der Waals surface area contributed by atoms with Crippen LogP contribution in [0.25, 0.3) is 11.3 Å². The fraction of sp³-hybridized carbons (Fsp3) is 0.370. The van der Waals surface area contributed by atoms with Gasteiger partial charge in [0.05, 0.1) is 25.5 Å². The molecule has 3 aliphatic heterocycles. The molecule has 6 bridgehead atoms. The van der Waals surface area contributed by atoms with E-state index in [0.29, 0.717) is 42.7 Å². The van der Waals surface area contributed by atoms with Gasteiger partial charge in [-0.25, -0.2) is 9.97 Å². The molecule has 9 heteroatoms. The lowest BCUT2D eigenvalue weighted by Gasteiger charge is -2.27. The van der Waals surface area contributed by atoms with Crippen LogP contribution in [0.15, 0.2) is 48.7 Å². The van der Waals surface area contributed by atoms with Gasteiger partial charge in [-0.1, -0.05) is 6.07 Å². The van der Waals surface area contributed by atoms with Crippen LogP contribution in [0.4, 0.5) is 17.3 Å². The summed E-state index contributed by atoms with van der Waals surface area (Å²) in [5.74, 6) is 0.334. The molecule has 1 aromatic heterocycles. The SMILES string of the molecule is Nc1cc2ccc1-c1ccnc(n1)Nc1ccc(CN3CCOCC3)c(c1)COCCCCNC2=O. The lowest BCUT2D eigenvalue weighted by molar-refractivity contribution is 0.0337. The number of benzene rings is 2. The van der Waals surface area contributed by atoms with Crippen LogP contribution in [0, 0.1) is 0 Å². The average Bonchev–Trinajstić information content (AvgIpc) is 2.89. The summed E-state index contributed by atoms with van der Waals surface area (Å²) in [5, 5.41) is 6.29. The first kappa shape index (κ1) is 24.2. The maximum atomic E-state index is 12.5. The number of ether oxygens (including phenoxy) is 2. The molecule has 9 nitrogen and oxygen atoms in total. The lowest BCUT2D eigenvalue weighted by atomic mass is 10.1. The van der Waals surface area contributed by atoms with E-state index in [0.717, 1.165) is 62.5 Å². The summed E-state index contributed by atoms with van der Waals surface area (Å²) in [4.78, 5) is 24.0. The number of hydrogen-bond acceptors (Lipinski definition) is 8. The molecule has 188 valence electrons. The second-order valence-corrected chi connectivity index (χ2v) is 9.08. The van der Waals surface area contributed by atoms with E-state index in [1.807, 2.05) is 12.1 Å². The van der Waals surface area contributed by atoms with Crippen molar-refractivity contribution in [3.8, 4) is 11.3 Å². The molecule has 0 radical (unpaired) electrons. The van der Waals surface area contributed by atoms with Gasteiger partial charge < -0.3 is 25.8 Å². The van der Waals surface area contributed by atoms with Gasteiger partial charge in [-0.05, 0) is 60.4 Å². The lowest BCUT2D eigenvalue weighted by Crippen LogP contribution is -2.35. The van der Waals surface area contributed by atoms with Crippen LogP contribution >= 0.6 is 0 Å². The van der Waals surface area contributed by atoms with Crippen LogP contribution in [-0.2, 0) is 22.6 Å². The van der Waals surface area contributed by atoms with Gasteiger partial charge in [0.25, 0.3) is 5.91 Å². The van der Waals surface area contributed by atoms with E-state index in [1.165, 1.54) is 5.56 Å². The molecule has 0 spiro atoms. The number of morpholine rings is 1. The Labute approximate surface area is 211 Å². The Hall–Kier alpha value is -3.53. The van der Waals surface area contributed by atoms with Crippen molar-refractivity contribution in [1.29, 1.82) is 0 Å². The Morgan fingerprint density at radius 2 is 1.89 bits per heavy atom. The molecule has 1 fully saturated rings. The number of carbonyl (C=O) groups is 1. The van der Waals surface area contributed by atoms with E-state index < -0.39 is 0 Å². The number of carbonyl (C=O) groups excluding carboxylic acids is 1. The highest BCUT2D eigenvalue weighted by atomic mass is 16.5. The molecule has 4 heterocycles. The van der Waals surface area contributed by atoms with Crippen molar-refractivity contribution in [2.75, 3.05) is 50.5 Å². The smallest absolute Gasteiger partial charge is 0.251 e. The number of nitrogen functional groups attached to an aromatic ring is 1. The Balaban J connectivity index is 1.43. The zero-order chi connectivity index (χ0) is 24.7. The predicted octanol–water partition coefficient (Wildman–Crippen LogP) is 3.34. The van der Waals surface area contributed by atoms with Gasteiger partial charge in [-0.15, -0.1) is 0 Å². The highest BCUT2D eigenvalue weighted by molar-refractivity contribution is 5.96. The first-order chi connectivity index (χ1) is 17.7. The summed E-state index contributed by atoms with van der Waals surface area (Å²) < 4.78 is 11.5. The normalized spacial score (nSPS) is 17.4. The number of amides is 1. The van der Waals surface area contributed by atoms with Crippen molar-refractivity contribution in [2.24, 2.45) is 0 Å². The van der Waals surface area contributed by atoms with Crippen LogP contribution in [0.1, 0.15) is 34.3 Å². The van der Waals surface area contributed by atoms with Gasteiger partial charge in [0.15, 0.2) is 0 Å². The number of nitrogens with one attached hydrogen (secondary N) is 2. The van der Waals surface area contributed by atoms with Gasteiger partial charge in [-0.3, -0.25) is 9.69 Å². The van der Waals surface area contributed by atoms with E-state index in [9.17, 15) is 4.79 Å². The van der Waals surface area contributed by atoms with Crippen molar-refractivity contribution >= 4 is 23.2 Å². The van der Waals surface area contributed by atoms with E-state index in [2.05, 4.69) is 43.7 Å². The van der Waals surface area contributed by atoms with Crippen molar-refractivity contribution in [1.82, 2.24) is 20.2 Å². The molecule has 1 saturated heterocycles. The maximum Gasteiger partial charge on any atom is 0.251 e. The minimum Gasteiger partial charge on any atom is -0.398 e. The van der Waals surface area contributed by atoms with Gasteiger partial charge in [0.1, 0.15) is 0 Å².